The molecule has 0 aromatic rings. The summed E-state index contributed by atoms with van der Waals surface area (Å²) in [4.78, 5) is 0. The molecule has 51 heteroatoms. The molecule has 0 bridgehead atoms. The zero-order valence-electron chi connectivity index (χ0n) is 31.9. The third-order valence-electron chi connectivity index (χ3n) is 0. The van der Waals surface area contributed by atoms with Gasteiger partial charge in [-0.05, 0) is 0 Å². The predicted octanol–water partition coefficient (Wildman–Crippen LogP) is -19.4. The molecule has 142 valence electrons. The Morgan fingerprint density at radius 2 is 0.137 bits per heavy atom. The summed E-state index contributed by atoms with van der Waals surface area (Å²) in [6, 6.07) is 0. The second-order valence-corrected chi connectivity index (χ2v) is 24.8. The van der Waals surface area contributed by atoms with E-state index in [2.05, 4.69) is 0 Å². The van der Waals surface area contributed by atoms with Crippen LogP contribution in [0, 0.1) is 0 Å². The molecule has 0 unspecified atom stereocenters. The Bertz CT molecular complexity index is 49.3. The average Bonchev–Trinajstić information content (AvgIpc) is 2.18. The molecule has 0 aliphatic heterocycles. The molecular formula is Ca31Sn20. The molecule has 0 aromatic heterocycles. The molecule has 0 aliphatic carbocycles. The van der Waals surface area contributed by atoms with Crippen molar-refractivity contribution in [2.45, 2.75) is 0 Å². The summed E-state index contributed by atoms with van der Waals surface area (Å²) in [5.41, 5.74) is 0. The van der Waals surface area contributed by atoms with E-state index in [0.29, 0.717) is 14.1 Å². The number of rotatable bonds is 0. The van der Waals surface area contributed by atoms with E-state index in [1.807, 2.05) is 0 Å². The van der Waals surface area contributed by atoms with Gasteiger partial charge in [0.2, 0.25) is 0 Å². The molecule has 0 saturated heterocycles. The molecule has 0 aliphatic rings. The number of hydrogen-bond donors (Lipinski definition) is 0. The summed E-state index contributed by atoms with van der Waals surface area (Å²) in [5.74, 6) is 0. The van der Waals surface area contributed by atoms with Gasteiger partial charge >= 0.3 is 274 Å². The predicted molar refractivity (Wildman–Crippen MR) is 293 cm³/mol. The third-order valence-corrected chi connectivity index (χ3v) is 0. The van der Waals surface area contributed by atoms with Crippen LogP contribution in [0.4, 0.5) is 0 Å². The third kappa shape index (κ3) is 368. The van der Waals surface area contributed by atoms with Crippen molar-refractivity contribution >= 4 is 1510 Å². The Morgan fingerprint density at radius 1 is 0.137 bits per heavy atom. The van der Waals surface area contributed by atoms with Gasteiger partial charge in [0.05, 0.1) is 0 Å². The maximum Gasteiger partial charge on any atom is 0 e. The first kappa shape index (κ1) is 314. The van der Waals surface area contributed by atoms with E-state index in [1.165, 1.54) is 208 Å². The fourth-order valence-electron chi connectivity index (χ4n) is 0. The van der Waals surface area contributed by atoms with Gasteiger partial charge in [-0.15, -0.1) is 0 Å². The Balaban J connectivity index is -0.000000000172. The second-order valence-electron chi connectivity index (χ2n) is 0.354. The van der Waals surface area contributed by atoms with E-state index in [0.717, 1.165) is 0 Å². The zero-order chi connectivity index (χ0) is 10.7. The van der Waals surface area contributed by atoms with Crippen LogP contribution in [-0.2, 0) is 0 Å². The van der Waals surface area contributed by atoms with E-state index in [-0.39, 0.29) is 1230 Å². The van der Waals surface area contributed by atoms with Crippen LogP contribution in [0.3, 0.4) is 0 Å². The van der Waals surface area contributed by atoms with Crippen molar-refractivity contribution in [1.82, 2.24) is 0 Å². The van der Waals surface area contributed by atoms with Gasteiger partial charge in [-0.2, -0.15) is 0 Å². The fraction of sp³-hybridized carbons (Fsp3) is 0. The molecule has 51 heavy (non-hydrogen) atoms. The Labute approximate surface area is 1440 Å². The molecule has 0 aromatic carbocycles. The molecular weight excluding hydrogens is 3620 g/mol. The Kier molecular flexibility index (Phi) is 2230. The van der Waals surface area contributed by atoms with E-state index >= 15 is 0 Å². The van der Waals surface area contributed by atoms with E-state index in [9.17, 15) is 0 Å². The van der Waals surface area contributed by atoms with Gasteiger partial charge in [0.25, 0.3) is 0 Å². The molecule has 0 N–H and O–H groups in total. The molecule has 0 heterocycles. The van der Waals surface area contributed by atoms with Crippen molar-refractivity contribution < 1.29 is 0 Å². The van der Waals surface area contributed by atoms with Gasteiger partial charge in [0.15, 0.2) is 0 Å². The average molecular weight is 3620 g/mol. The minimum Gasteiger partial charge on any atom is 0 e. The number of hydrogen-bond acceptors (Lipinski definition) is 0. The van der Waals surface area contributed by atoms with Crippen molar-refractivity contribution in [2.75, 3.05) is 0 Å². The van der Waals surface area contributed by atoms with Crippen LogP contribution in [0.15, 0.2) is 0 Å². The van der Waals surface area contributed by atoms with Crippen molar-refractivity contribution in [3.05, 3.63) is 0 Å². The van der Waals surface area contributed by atoms with Crippen LogP contribution in [-0.4, -0.2) is 1510 Å². The van der Waals surface area contributed by atoms with Gasteiger partial charge in [-0.3, -0.25) is 0 Å². The van der Waals surface area contributed by atoms with Gasteiger partial charge < -0.3 is 0 Å². The molecule has 0 amide bonds. The van der Waals surface area contributed by atoms with Gasteiger partial charge in [0.1, 0.15) is 0 Å². The summed E-state index contributed by atoms with van der Waals surface area (Å²) in [7, 11) is 0. The maximum absolute atomic E-state index is 1.69. The molecule has 0 atom stereocenters. The zero-order valence-corrected chi connectivity index (χ0v) is 157. The fourth-order valence-corrected chi connectivity index (χ4v) is 0. The normalized spacial score (nSPS) is 0.275. The maximum atomic E-state index is 1.69. The first-order valence-electron chi connectivity index (χ1n) is 3.00. The van der Waals surface area contributed by atoms with Gasteiger partial charge in [0, 0.05) is 1230 Å². The molecule has 0 fully saturated rings. The second kappa shape index (κ2) is 362. The monoisotopic (exact) mass is 3640 g/mol. The van der Waals surface area contributed by atoms with Crippen molar-refractivity contribution in [2.24, 2.45) is 0 Å². The SMILES string of the molecule is [Ca].[Ca].[Ca].[Ca].[Ca].[Ca].[Ca].[Ca].[Ca].[Ca].[Ca].[Ca].[Ca].[Ca].[Ca].[Ca].[Ca].[Ca].[Ca].[Ca].[Ca][Ca].[Ca][Ca].[Ca][Ca].[Ca][Ca].[Ca][Ca][Ca].[Sn].[Sn].[Sn].[Sn].[Sn].[Sn].[Sn].[Sn].[Sn].[Sn].[Sn].[Sn].[Sn].[Sn].[Sn].[Sn].[Sn].[Sn].[Sn].[Sn]. The summed E-state index contributed by atoms with van der Waals surface area (Å²) in [5, 5.41) is 0. The van der Waals surface area contributed by atoms with E-state index in [1.54, 1.807) is 51.9 Å². The molecule has 0 rings (SSSR count). The van der Waals surface area contributed by atoms with Gasteiger partial charge in [-0.1, -0.05) is 0 Å². The molecule has 130 radical (unpaired) electrons. The molecule has 0 saturated carbocycles. The largest absolute Gasteiger partial charge is 0 e. The van der Waals surface area contributed by atoms with Crippen molar-refractivity contribution in [3.8, 4) is 0 Å². The molecule has 0 spiro atoms. The first-order chi connectivity index (χ1) is 5.41. The van der Waals surface area contributed by atoms with Crippen LogP contribution in [0.2, 0.25) is 0 Å². The summed E-state index contributed by atoms with van der Waals surface area (Å²) >= 11 is 15.8. The summed E-state index contributed by atoms with van der Waals surface area (Å²) in [6.45, 7) is 0. The van der Waals surface area contributed by atoms with Crippen LogP contribution in [0.25, 0.3) is 0 Å². The van der Waals surface area contributed by atoms with Gasteiger partial charge in [-0.25, -0.2) is 0 Å². The van der Waals surface area contributed by atoms with Crippen molar-refractivity contribution in [3.63, 3.8) is 0 Å². The van der Waals surface area contributed by atoms with E-state index in [4.69, 9.17) is 0 Å². The van der Waals surface area contributed by atoms with E-state index < -0.39 is 0 Å². The van der Waals surface area contributed by atoms with Crippen LogP contribution in [0.1, 0.15) is 0 Å². The Morgan fingerprint density at radius 3 is 0.137 bits per heavy atom. The summed E-state index contributed by atoms with van der Waals surface area (Å²) < 4.78 is 0. The minimum atomic E-state index is 0. The first-order valence-corrected chi connectivity index (χ1v) is 51.0. The standard InChI is InChI=1S/31Ca.20Sn. The molecule has 0 nitrogen and oxygen atoms in total. The van der Waals surface area contributed by atoms with Crippen LogP contribution in [0.5, 0.6) is 0 Å². The van der Waals surface area contributed by atoms with Crippen molar-refractivity contribution in [1.29, 1.82) is 0 Å². The topological polar surface area (TPSA) is 0 Å². The summed E-state index contributed by atoms with van der Waals surface area (Å²) in [6.07, 6.45) is 0. The van der Waals surface area contributed by atoms with Crippen LogP contribution < -0.4 is 0 Å². The van der Waals surface area contributed by atoms with Crippen LogP contribution >= 0.6 is 0 Å². The quantitative estimate of drug-likeness (QED) is 0.212. The smallest absolute Gasteiger partial charge is 0 e. The minimum absolute atomic E-state index is 0. The Hall–Kier alpha value is 55.0.